The van der Waals surface area contributed by atoms with E-state index in [0.29, 0.717) is 0 Å². The zero-order valence-corrected chi connectivity index (χ0v) is 11.0. The Morgan fingerprint density at radius 3 is 2.56 bits per heavy atom. The van der Waals surface area contributed by atoms with Crippen molar-refractivity contribution in [3.05, 3.63) is 11.6 Å². The molecule has 0 saturated carbocycles. The van der Waals surface area contributed by atoms with Crippen LogP contribution in [0.25, 0.3) is 0 Å². The van der Waals surface area contributed by atoms with Gasteiger partial charge in [-0.15, -0.1) is 0 Å². The van der Waals surface area contributed by atoms with Crippen molar-refractivity contribution in [1.82, 2.24) is 0 Å². The number of rotatable bonds is 6. The maximum Gasteiger partial charge on any atom is 0.157 e. The molecule has 0 aromatic carbocycles. The van der Waals surface area contributed by atoms with Gasteiger partial charge in [0.1, 0.15) is 0 Å². The molecule has 0 radical (unpaired) electrons. The Kier molecular flexibility index (Phi) is 6.74. The molecule has 1 fully saturated rings. The molecule has 1 unspecified atom stereocenters. The summed E-state index contributed by atoms with van der Waals surface area (Å²) in [5.41, 5.74) is 1.42. The summed E-state index contributed by atoms with van der Waals surface area (Å²) < 4.78 is 11.1. The molecule has 1 aliphatic heterocycles. The Morgan fingerprint density at radius 1 is 1.25 bits per heavy atom. The second-order valence-electron chi connectivity index (χ2n) is 5.07. The second-order valence-corrected chi connectivity index (χ2v) is 5.07. The van der Waals surface area contributed by atoms with Gasteiger partial charge in [-0.05, 0) is 51.9 Å². The van der Waals surface area contributed by atoms with E-state index < -0.39 is 0 Å². The quantitative estimate of drug-likeness (QED) is 0.639. The maximum atomic E-state index is 5.54. The van der Waals surface area contributed by atoms with Crippen LogP contribution in [0, 0.1) is 5.92 Å². The van der Waals surface area contributed by atoms with Gasteiger partial charge in [-0.2, -0.15) is 0 Å². The van der Waals surface area contributed by atoms with Crippen LogP contribution < -0.4 is 0 Å². The zero-order chi connectivity index (χ0) is 11.8. The molecule has 0 aromatic rings. The summed E-state index contributed by atoms with van der Waals surface area (Å²) in [4.78, 5) is 0. The third-order valence-electron chi connectivity index (χ3n) is 3.00. The first-order valence-corrected chi connectivity index (χ1v) is 6.55. The van der Waals surface area contributed by atoms with Crippen LogP contribution >= 0.6 is 0 Å². The van der Waals surface area contributed by atoms with Crippen LogP contribution in [0.15, 0.2) is 11.6 Å². The minimum Gasteiger partial charge on any atom is -0.353 e. The second kappa shape index (κ2) is 7.86. The fourth-order valence-corrected chi connectivity index (χ4v) is 1.92. The van der Waals surface area contributed by atoms with Crippen molar-refractivity contribution >= 4 is 0 Å². The van der Waals surface area contributed by atoms with Crippen molar-refractivity contribution in [2.45, 2.75) is 59.2 Å². The van der Waals surface area contributed by atoms with Crippen LogP contribution in [-0.2, 0) is 9.47 Å². The Morgan fingerprint density at radius 2 is 1.94 bits per heavy atom. The predicted molar refractivity (Wildman–Crippen MR) is 67.4 cm³/mol. The first-order chi connectivity index (χ1) is 7.68. The average molecular weight is 226 g/mol. The summed E-state index contributed by atoms with van der Waals surface area (Å²) in [6.07, 6.45) is 8.18. The fourth-order valence-electron chi connectivity index (χ4n) is 1.92. The number of allylic oxidation sites excluding steroid dienone is 2. The van der Waals surface area contributed by atoms with Gasteiger partial charge in [0.15, 0.2) is 6.29 Å². The lowest BCUT2D eigenvalue weighted by Crippen LogP contribution is -2.25. The van der Waals surface area contributed by atoms with Gasteiger partial charge in [0.25, 0.3) is 0 Å². The van der Waals surface area contributed by atoms with Gasteiger partial charge in [0.05, 0.1) is 13.2 Å². The van der Waals surface area contributed by atoms with Gasteiger partial charge in [-0.25, -0.2) is 0 Å². The van der Waals surface area contributed by atoms with Crippen molar-refractivity contribution in [3.63, 3.8) is 0 Å². The molecule has 0 N–H and O–H groups in total. The van der Waals surface area contributed by atoms with E-state index in [2.05, 4.69) is 26.8 Å². The highest BCUT2D eigenvalue weighted by molar-refractivity contribution is 4.92. The smallest absolute Gasteiger partial charge is 0.157 e. The van der Waals surface area contributed by atoms with Crippen molar-refractivity contribution in [2.75, 3.05) is 13.2 Å². The molecule has 1 rings (SSSR count). The van der Waals surface area contributed by atoms with Gasteiger partial charge in [-0.3, -0.25) is 0 Å². The molecule has 2 heteroatoms. The molecular weight excluding hydrogens is 200 g/mol. The van der Waals surface area contributed by atoms with Gasteiger partial charge >= 0.3 is 0 Å². The third kappa shape index (κ3) is 6.29. The van der Waals surface area contributed by atoms with E-state index in [0.717, 1.165) is 32.0 Å². The van der Waals surface area contributed by atoms with Crippen LogP contribution in [0.5, 0.6) is 0 Å². The molecule has 1 aliphatic rings. The average Bonchev–Trinajstić information content (AvgIpc) is 2.27. The Balaban J connectivity index is 2.04. The monoisotopic (exact) mass is 226 g/mol. The molecule has 0 bridgehead atoms. The summed E-state index contributed by atoms with van der Waals surface area (Å²) in [6.45, 7) is 8.39. The largest absolute Gasteiger partial charge is 0.353 e. The minimum atomic E-state index is 0.0691. The predicted octanol–water partition coefficient (Wildman–Crippen LogP) is 3.91. The maximum absolute atomic E-state index is 5.54. The summed E-state index contributed by atoms with van der Waals surface area (Å²) in [6, 6.07) is 0. The molecule has 1 saturated heterocycles. The topological polar surface area (TPSA) is 18.5 Å². The van der Waals surface area contributed by atoms with E-state index >= 15 is 0 Å². The number of hydrogen-bond donors (Lipinski definition) is 0. The molecule has 2 nitrogen and oxygen atoms in total. The molecule has 0 aliphatic carbocycles. The Labute approximate surface area is 100 Å². The number of ether oxygens (including phenoxy) is 2. The van der Waals surface area contributed by atoms with E-state index in [9.17, 15) is 0 Å². The SMILES string of the molecule is CC(C)=CCCC(C)CCC1OCCCO1. The lowest BCUT2D eigenvalue weighted by Gasteiger charge is -2.24. The first-order valence-electron chi connectivity index (χ1n) is 6.55. The van der Waals surface area contributed by atoms with Gasteiger partial charge < -0.3 is 9.47 Å². The minimum absolute atomic E-state index is 0.0691. The summed E-state index contributed by atoms with van der Waals surface area (Å²) in [5, 5.41) is 0. The molecular formula is C14H26O2. The van der Waals surface area contributed by atoms with Crippen LogP contribution in [0.3, 0.4) is 0 Å². The van der Waals surface area contributed by atoms with Gasteiger partial charge in [0, 0.05) is 0 Å². The Hall–Kier alpha value is -0.340. The summed E-state index contributed by atoms with van der Waals surface area (Å²) in [5.74, 6) is 0.768. The fraction of sp³-hybridized carbons (Fsp3) is 0.857. The zero-order valence-electron chi connectivity index (χ0n) is 11.0. The molecule has 94 valence electrons. The molecule has 1 atom stereocenters. The highest BCUT2D eigenvalue weighted by Crippen LogP contribution is 2.18. The summed E-state index contributed by atoms with van der Waals surface area (Å²) >= 11 is 0. The van der Waals surface area contributed by atoms with E-state index in [1.807, 2.05) is 0 Å². The highest BCUT2D eigenvalue weighted by atomic mass is 16.7. The summed E-state index contributed by atoms with van der Waals surface area (Å²) in [7, 11) is 0. The molecule has 16 heavy (non-hydrogen) atoms. The van der Waals surface area contributed by atoms with E-state index in [1.54, 1.807) is 0 Å². The lowest BCUT2D eigenvalue weighted by atomic mass is 9.99. The molecule has 0 amide bonds. The molecule has 0 spiro atoms. The number of hydrogen-bond acceptors (Lipinski definition) is 2. The van der Waals surface area contributed by atoms with E-state index in [1.165, 1.54) is 24.8 Å². The molecule has 0 aromatic heterocycles. The van der Waals surface area contributed by atoms with Gasteiger partial charge in [-0.1, -0.05) is 18.6 Å². The Bertz CT molecular complexity index is 201. The van der Waals surface area contributed by atoms with E-state index in [4.69, 9.17) is 9.47 Å². The molecule has 1 heterocycles. The normalized spacial score (nSPS) is 19.4. The van der Waals surface area contributed by atoms with Crippen molar-refractivity contribution in [3.8, 4) is 0 Å². The van der Waals surface area contributed by atoms with Crippen LogP contribution in [0.2, 0.25) is 0 Å². The van der Waals surface area contributed by atoms with Crippen LogP contribution in [0.1, 0.15) is 52.9 Å². The van der Waals surface area contributed by atoms with Gasteiger partial charge in [0.2, 0.25) is 0 Å². The van der Waals surface area contributed by atoms with Crippen molar-refractivity contribution < 1.29 is 9.47 Å². The van der Waals surface area contributed by atoms with Crippen molar-refractivity contribution in [2.24, 2.45) is 5.92 Å². The highest BCUT2D eigenvalue weighted by Gasteiger charge is 2.14. The lowest BCUT2D eigenvalue weighted by molar-refractivity contribution is -0.182. The first kappa shape index (κ1) is 13.7. The van der Waals surface area contributed by atoms with Crippen LogP contribution in [0.4, 0.5) is 0 Å². The third-order valence-corrected chi connectivity index (χ3v) is 3.00. The van der Waals surface area contributed by atoms with E-state index in [-0.39, 0.29) is 6.29 Å². The van der Waals surface area contributed by atoms with Crippen LogP contribution in [-0.4, -0.2) is 19.5 Å². The van der Waals surface area contributed by atoms with Crippen molar-refractivity contribution in [1.29, 1.82) is 0 Å². The standard InChI is InChI=1S/C14H26O2/c1-12(2)6-4-7-13(3)8-9-14-15-10-5-11-16-14/h6,13-14H,4-5,7-11H2,1-3H3.